The number of phenolic OH excluding ortho intramolecular Hbond substituents is 1. The number of piperidine rings is 1. The van der Waals surface area contributed by atoms with Crippen molar-refractivity contribution in [3.05, 3.63) is 87.9 Å². The van der Waals surface area contributed by atoms with E-state index in [0.717, 1.165) is 20.9 Å². The first-order valence-corrected chi connectivity index (χ1v) is 12.2. The van der Waals surface area contributed by atoms with Gasteiger partial charge in [-0.25, -0.2) is 15.3 Å². The molecule has 2 heterocycles. The van der Waals surface area contributed by atoms with Crippen LogP contribution in [0.5, 0.6) is 5.75 Å². The van der Waals surface area contributed by atoms with Crippen LogP contribution in [-0.2, 0) is 14.4 Å². The zero-order chi connectivity index (χ0) is 26.3. The number of aromatic nitrogens is 1. The van der Waals surface area contributed by atoms with Gasteiger partial charge in [0.1, 0.15) is 22.4 Å². The number of amides is 3. The lowest BCUT2D eigenvalue weighted by molar-refractivity contribution is -0.139. The van der Waals surface area contributed by atoms with Crippen molar-refractivity contribution in [2.24, 2.45) is 5.10 Å². The number of thiazole rings is 1. The first-order valence-electron chi connectivity index (χ1n) is 11.0. The van der Waals surface area contributed by atoms with Crippen LogP contribution < -0.4 is 10.3 Å². The molecule has 0 spiro atoms. The van der Waals surface area contributed by atoms with E-state index in [0.29, 0.717) is 16.1 Å². The highest BCUT2D eigenvalue weighted by Crippen LogP contribution is 2.35. The fraction of sp³-hybridized carbons (Fsp3) is 0.0769. The van der Waals surface area contributed by atoms with Crippen LogP contribution in [0.25, 0.3) is 10.2 Å². The van der Waals surface area contributed by atoms with Crippen LogP contribution in [0.4, 0.5) is 5.69 Å². The molecule has 1 aliphatic heterocycles. The quantitative estimate of drug-likeness (QED) is 0.232. The van der Waals surface area contributed by atoms with E-state index in [4.69, 9.17) is 11.6 Å². The molecule has 0 saturated carbocycles. The van der Waals surface area contributed by atoms with Crippen LogP contribution >= 0.6 is 22.9 Å². The van der Waals surface area contributed by atoms with Crippen LogP contribution in [0.1, 0.15) is 26.8 Å². The van der Waals surface area contributed by atoms with Crippen molar-refractivity contribution in [1.82, 2.24) is 10.4 Å². The lowest BCUT2D eigenvalue weighted by Gasteiger charge is -2.30. The predicted molar refractivity (Wildman–Crippen MR) is 139 cm³/mol. The highest BCUT2D eigenvalue weighted by molar-refractivity contribution is 7.19. The van der Waals surface area contributed by atoms with Gasteiger partial charge < -0.3 is 5.11 Å². The summed E-state index contributed by atoms with van der Waals surface area (Å²) < 4.78 is 0.749. The average Bonchev–Trinajstić information content (AvgIpc) is 3.30. The number of hydrogen-bond donors (Lipinski definition) is 2. The van der Waals surface area contributed by atoms with Crippen molar-refractivity contribution in [1.29, 1.82) is 0 Å². The van der Waals surface area contributed by atoms with Crippen molar-refractivity contribution in [3.8, 4) is 5.75 Å². The number of aryl methyl sites for hydroxylation is 1. The molecule has 3 aromatic carbocycles. The Hall–Kier alpha value is -4.41. The van der Waals surface area contributed by atoms with E-state index in [-0.39, 0.29) is 27.7 Å². The van der Waals surface area contributed by atoms with E-state index in [1.807, 2.05) is 0 Å². The SMILES string of the molecule is Cc1cc(Cl)ccc1N1C(=O)C(=O)[C@H](c2nc3ccccc3s2)/C(=N\NC(=O)c2ccccc2O)C1=O. The van der Waals surface area contributed by atoms with Gasteiger partial charge in [0.05, 0.1) is 21.5 Å². The van der Waals surface area contributed by atoms with Crippen LogP contribution in [0.3, 0.4) is 0 Å². The third-order valence-corrected chi connectivity index (χ3v) is 7.09. The fourth-order valence-corrected chi connectivity index (χ4v) is 5.27. The van der Waals surface area contributed by atoms with Crippen LogP contribution in [-0.4, -0.2) is 39.3 Å². The Balaban J connectivity index is 1.61. The molecule has 3 amide bonds. The van der Waals surface area contributed by atoms with E-state index in [9.17, 15) is 24.3 Å². The molecule has 2 N–H and O–H groups in total. The lowest BCUT2D eigenvalue weighted by Crippen LogP contribution is -2.55. The molecule has 1 aliphatic rings. The number of para-hydroxylation sites is 2. The summed E-state index contributed by atoms with van der Waals surface area (Å²) in [5.74, 6) is -5.39. The molecule has 1 saturated heterocycles. The Morgan fingerprint density at radius 1 is 1.05 bits per heavy atom. The number of ketones is 1. The van der Waals surface area contributed by atoms with E-state index in [1.54, 1.807) is 49.4 Å². The van der Waals surface area contributed by atoms with Gasteiger partial charge in [-0.15, -0.1) is 11.3 Å². The third kappa shape index (κ3) is 4.37. The number of nitrogens with zero attached hydrogens (tertiary/aromatic N) is 3. The summed E-state index contributed by atoms with van der Waals surface area (Å²) in [6.07, 6.45) is 0. The Bertz CT molecular complexity index is 1610. The topological polar surface area (TPSA) is 129 Å². The standard InChI is InChI=1S/C26H17ClN4O5S/c1-13-12-14(27)10-11-17(13)31-25(35)21(29-30-23(34)15-6-2-4-8-18(15)32)20(22(33)26(31)36)24-28-16-7-3-5-9-19(16)37-24/h2-12,20,32H,1H3,(H,30,34)/b29-21+/t20-/m1/s1. The maximum atomic E-state index is 13.7. The second-order valence-electron chi connectivity index (χ2n) is 8.15. The number of anilines is 1. The minimum atomic E-state index is -1.43. The predicted octanol–water partition coefficient (Wildman–Crippen LogP) is 3.98. The lowest BCUT2D eigenvalue weighted by atomic mass is 9.91. The zero-order valence-electron chi connectivity index (χ0n) is 19.1. The number of Topliss-reactive ketones (excluding diaryl/α,β-unsaturated/α-hetero) is 1. The van der Waals surface area contributed by atoms with E-state index >= 15 is 0 Å². The van der Waals surface area contributed by atoms with Crippen LogP contribution in [0.2, 0.25) is 5.02 Å². The minimum Gasteiger partial charge on any atom is -0.507 e. The summed E-state index contributed by atoms with van der Waals surface area (Å²) in [5.41, 5.74) is 3.00. The number of hydrogen-bond acceptors (Lipinski definition) is 8. The van der Waals surface area contributed by atoms with Gasteiger partial charge in [-0.2, -0.15) is 5.10 Å². The van der Waals surface area contributed by atoms with Gasteiger partial charge in [-0.05, 0) is 55.0 Å². The number of carbonyl (C=O) groups is 4. The number of phenols is 1. The van der Waals surface area contributed by atoms with Crippen LogP contribution in [0.15, 0.2) is 71.8 Å². The molecule has 11 heteroatoms. The molecule has 0 radical (unpaired) electrons. The number of halogens is 1. The molecule has 1 fully saturated rings. The molecule has 5 rings (SSSR count). The molecule has 0 unspecified atom stereocenters. The maximum Gasteiger partial charge on any atom is 0.302 e. The first-order chi connectivity index (χ1) is 17.8. The average molecular weight is 533 g/mol. The summed E-state index contributed by atoms with van der Waals surface area (Å²) in [4.78, 5) is 58.3. The van der Waals surface area contributed by atoms with Crippen LogP contribution in [0, 0.1) is 6.92 Å². The Kier molecular flexibility index (Phi) is 6.28. The Morgan fingerprint density at radius 2 is 1.78 bits per heavy atom. The second-order valence-corrected chi connectivity index (χ2v) is 9.65. The molecule has 0 bridgehead atoms. The maximum absolute atomic E-state index is 13.7. The highest BCUT2D eigenvalue weighted by Gasteiger charge is 2.49. The van der Waals surface area contributed by atoms with Gasteiger partial charge in [0.2, 0.25) is 5.78 Å². The number of fused-ring (bicyclic) bond motifs is 1. The van der Waals surface area contributed by atoms with Gasteiger partial charge >= 0.3 is 5.91 Å². The van der Waals surface area contributed by atoms with Gasteiger partial charge in [0.15, 0.2) is 0 Å². The number of benzene rings is 3. The minimum absolute atomic E-state index is 0.0838. The number of rotatable bonds is 4. The smallest absolute Gasteiger partial charge is 0.302 e. The van der Waals surface area contributed by atoms with E-state index in [1.165, 1.54) is 24.3 Å². The summed E-state index contributed by atoms with van der Waals surface area (Å²) in [6, 6.07) is 17.4. The molecule has 184 valence electrons. The summed E-state index contributed by atoms with van der Waals surface area (Å²) in [7, 11) is 0. The molecule has 1 atom stereocenters. The Morgan fingerprint density at radius 3 is 2.51 bits per heavy atom. The Labute approximate surface area is 219 Å². The van der Waals surface area contributed by atoms with Gasteiger partial charge in [0, 0.05) is 5.02 Å². The zero-order valence-corrected chi connectivity index (χ0v) is 20.7. The monoisotopic (exact) mass is 532 g/mol. The number of aromatic hydroxyl groups is 1. The van der Waals surface area contributed by atoms with Crippen molar-refractivity contribution in [2.45, 2.75) is 12.8 Å². The normalized spacial score (nSPS) is 17.0. The van der Waals surface area contributed by atoms with Gasteiger partial charge in [0.25, 0.3) is 11.8 Å². The summed E-state index contributed by atoms with van der Waals surface area (Å²) in [5, 5.41) is 14.6. The fourth-order valence-electron chi connectivity index (χ4n) is 3.97. The molecule has 37 heavy (non-hydrogen) atoms. The molecular weight excluding hydrogens is 516 g/mol. The molecular formula is C26H17ClN4O5S. The van der Waals surface area contributed by atoms with Crippen molar-refractivity contribution in [2.75, 3.05) is 4.90 Å². The van der Waals surface area contributed by atoms with Crippen molar-refractivity contribution < 1.29 is 24.3 Å². The largest absolute Gasteiger partial charge is 0.507 e. The number of hydrazone groups is 1. The molecule has 1 aromatic heterocycles. The molecule has 0 aliphatic carbocycles. The number of carbonyl (C=O) groups excluding carboxylic acids is 4. The van der Waals surface area contributed by atoms with Crippen molar-refractivity contribution >= 4 is 68.1 Å². The first kappa shape index (κ1) is 24.3. The third-order valence-electron chi connectivity index (χ3n) is 5.76. The van der Waals surface area contributed by atoms with Gasteiger partial charge in [-0.3, -0.25) is 19.2 Å². The summed E-state index contributed by atoms with van der Waals surface area (Å²) >= 11 is 7.17. The second kappa shape index (κ2) is 9.57. The molecule has 9 nitrogen and oxygen atoms in total. The molecule has 4 aromatic rings. The highest BCUT2D eigenvalue weighted by atomic mass is 35.5. The number of nitrogens with one attached hydrogen (secondary N) is 1. The number of imide groups is 1. The summed E-state index contributed by atoms with van der Waals surface area (Å²) in [6.45, 7) is 1.64. The van der Waals surface area contributed by atoms with E-state index < -0.39 is 29.4 Å². The van der Waals surface area contributed by atoms with E-state index in [2.05, 4.69) is 15.5 Å². The van der Waals surface area contributed by atoms with Crippen molar-refractivity contribution in [3.63, 3.8) is 0 Å². The van der Waals surface area contributed by atoms with Gasteiger partial charge in [-0.1, -0.05) is 35.9 Å².